The molecule has 0 atom stereocenters. The van der Waals surface area contributed by atoms with Gasteiger partial charge in [0.15, 0.2) is 5.82 Å². The van der Waals surface area contributed by atoms with Gasteiger partial charge in [0.1, 0.15) is 0 Å². The minimum absolute atomic E-state index is 0.0124. The van der Waals surface area contributed by atoms with Gasteiger partial charge in [-0.05, 0) is 62.1 Å². The predicted molar refractivity (Wildman–Crippen MR) is 125 cm³/mol. The standard InChI is InChI=1S/C25H27N5O/c1-15-8-9-19(27-24-13-22(28-29-24)17-6-4-5-7-17)12-20(15)21-11-18-14-26-16(2)10-23(18)30(3)25(21)31/h8-14,17H,4-7H2,1-3H3,(H2,27,28,29). The number of aromatic amines is 1. The number of hydrogen-bond acceptors (Lipinski definition) is 4. The Morgan fingerprint density at radius 1 is 1.06 bits per heavy atom. The van der Waals surface area contributed by atoms with Gasteiger partial charge in [-0.2, -0.15) is 5.10 Å². The van der Waals surface area contributed by atoms with Gasteiger partial charge in [0.25, 0.3) is 5.56 Å². The highest BCUT2D eigenvalue weighted by Crippen LogP contribution is 2.34. The summed E-state index contributed by atoms with van der Waals surface area (Å²) >= 11 is 0. The van der Waals surface area contributed by atoms with Gasteiger partial charge < -0.3 is 9.88 Å². The van der Waals surface area contributed by atoms with Crippen LogP contribution in [0, 0.1) is 13.8 Å². The van der Waals surface area contributed by atoms with E-state index in [0.29, 0.717) is 11.5 Å². The van der Waals surface area contributed by atoms with Crippen molar-refractivity contribution >= 4 is 22.4 Å². The molecule has 1 aliphatic rings. The number of anilines is 2. The molecule has 1 fully saturated rings. The Morgan fingerprint density at radius 3 is 2.68 bits per heavy atom. The largest absolute Gasteiger partial charge is 0.339 e. The van der Waals surface area contributed by atoms with Gasteiger partial charge in [-0.3, -0.25) is 14.9 Å². The highest BCUT2D eigenvalue weighted by molar-refractivity contribution is 5.85. The summed E-state index contributed by atoms with van der Waals surface area (Å²) in [5.74, 6) is 1.40. The van der Waals surface area contributed by atoms with Crippen molar-refractivity contribution in [1.82, 2.24) is 19.7 Å². The molecule has 0 bridgehead atoms. The van der Waals surface area contributed by atoms with E-state index < -0.39 is 0 Å². The average molecular weight is 414 g/mol. The number of aryl methyl sites for hydroxylation is 3. The maximum Gasteiger partial charge on any atom is 0.258 e. The smallest absolute Gasteiger partial charge is 0.258 e. The summed E-state index contributed by atoms with van der Waals surface area (Å²) in [6.45, 7) is 3.97. The molecule has 2 N–H and O–H groups in total. The Balaban J connectivity index is 1.51. The lowest BCUT2D eigenvalue weighted by Crippen LogP contribution is -2.19. The fraction of sp³-hybridized carbons (Fsp3) is 0.320. The highest BCUT2D eigenvalue weighted by atomic mass is 16.1. The fourth-order valence-corrected chi connectivity index (χ4v) is 4.64. The number of benzene rings is 1. The second-order valence-electron chi connectivity index (χ2n) is 8.65. The van der Waals surface area contributed by atoms with Crippen LogP contribution in [-0.4, -0.2) is 19.7 Å². The van der Waals surface area contributed by atoms with Crippen LogP contribution in [0.15, 0.2) is 47.4 Å². The number of H-pyrrole nitrogens is 1. The van der Waals surface area contributed by atoms with Crippen molar-refractivity contribution in [1.29, 1.82) is 0 Å². The Morgan fingerprint density at radius 2 is 1.87 bits per heavy atom. The number of nitrogens with one attached hydrogen (secondary N) is 2. The molecule has 0 amide bonds. The summed E-state index contributed by atoms with van der Waals surface area (Å²) < 4.78 is 1.71. The fourth-order valence-electron chi connectivity index (χ4n) is 4.64. The summed E-state index contributed by atoms with van der Waals surface area (Å²) in [6, 6.07) is 12.1. The molecule has 0 aliphatic heterocycles. The first kappa shape index (κ1) is 19.5. The number of aromatic nitrogens is 4. The summed E-state index contributed by atoms with van der Waals surface area (Å²) in [5.41, 5.74) is 6.54. The van der Waals surface area contributed by atoms with E-state index in [0.717, 1.165) is 39.2 Å². The van der Waals surface area contributed by atoms with Crippen LogP contribution in [-0.2, 0) is 7.05 Å². The number of nitrogens with zero attached hydrogens (tertiary/aromatic N) is 3. The molecule has 31 heavy (non-hydrogen) atoms. The van der Waals surface area contributed by atoms with Gasteiger partial charge in [0, 0.05) is 53.3 Å². The molecule has 6 heteroatoms. The lowest BCUT2D eigenvalue weighted by atomic mass is 9.99. The monoisotopic (exact) mass is 413 g/mol. The molecule has 5 rings (SSSR count). The topological polar surface area (TPSA) is 75.6 Å². The Hall–Kier alpha value is -3.41. The second kappa shape index (κ2) is 7.69. The molecule has 3 heterocycles. The molecule has 1 saturated carbocycles. The first-order valence-electron chi connectivity index (χ1n) is 10.9. The molecule has 1 aromatic carbocycles. The zero-order chi connectivity index (χ0) is 21.5. The van der Waals surface area contributed by atoms with Gasteiger partial charge in [0.2, 0.25) is 0 Å². The maximum atomic E-state index is 13.2. The first-order chi connectivity index (χ1) is 15.0. The normalized spacial score (nSPS) is 14.4. The molecular formula is C25H27N5O. The minimum Gasteiger partial charge on any atom is -0.339 e. The average Bonchev–Trinajstić information content (AvgIpc) is 3.45. The lowest BCUT2D eigenvalue weighted by molar-refractivity contribution is 0.693. The third-order valence-electron chi connectivity index (χ3n) is 6.44. The van der Waals surface area contributed by atoms with E-state index in [4.69, 9.17) is 0 Å². The van der Waals surface area contributed by atoms with Crippen molar-refractivity contribution in [3.63, 3.8) is 0 Å². The van der Waals surface area contributed by atoms with Gasteiger partial charge in [-0.1, -0.05) is 18.9 Å². The van der Waals surface area contributed by atoms with E-state index in [2.05, 4.69) is 26.6 Å². The van der Waals surface area contributed by atoms with Crippen molar-refractivity contribution < 1.29 is 0 Å². The van der Waals surface area contributed by atoms with E-state index in [-0.39, 0.29) is 5.56 Å². The predicted octanol–water partition coefficient (Wildman–Crippen LogP) is 5.34. The quantitative estimate of drug-likeness (QED) is 0.473. The Kier molecular flexibility index (Phi) is 4.85. The van der Waals surface area contributed by atoms with Crippen LogP contribution in [0.2, 0.25) is 0 Å². The second-order valence-corrected chi connectivity index (χ2v) is 8.65. The van der Waals surface area contributed by atoms with Crippen LogP contribution < -0.4 is 10.9 Å². The maximum absolute atomic E-state index is 13.2. The van der Waals surface area contributed by atoms with Crippen molar-refractivity contribution in [2.75, 3.05) is 5.32 Å². The van der Waals surface area contributed by atoms with Crippen LogP contribution in [0.4, 0.5) is 11.5 Å². The molecular weight excluding hydrogens is 386 g/mol. The van der Waals surface area contributed by atoms with Crippen LogP contribution in [0.25, 0.3) is 22.0 Å². The van der Waals surface area contributed by atoms with Crippen molar-refractivity contribution in [3.8, 4) is 11.1 Å². The zero-order valence-corrected chi connectivity index (χ0v) is 18.2. The van der Waals surface area contributed by atoms with Crippen LogP contribution in [0.1, 0.15) is 48.6 Å². The molecule has 6 nitrogen and oxygen atoms in total. The van der Waals surface area contributed by atoms with Crippen molar-refractivity contribution in [2.24, 2.45) is 7.05 Å². The van der Waals surface area contributed by atoms with Crippen LogP contribution in [0.3, 0.4) is 0 Å². The SMILES string of the molecule is Cc1cc2c(cn1)cc(-c1cc(Nc3cc(C4CCCC4)[nH]n3)ccc1C)c(=O)n2C. The van der Waals surface area contributed by atoms with Gasteiger partial charge in [0.05, 0.1) is 5.52 Å². The van der Waals surface area contributed by atoms with Gasteiger partial charge >= 0.3 is 0 Å². The minimum atomic E-state index is -0.0124. The number of rotatable bonds is 4. The van der Waals surface area contributed by atoms with E-state index in [9.17, 15) is 4.79 Å². The Bertz CT molecular complexity index is 1330. The molecule has 0 spiro atoms. The van der Waals surface area contributed by atoms with E-state index >= 15 is 0 Å². The van der Waals surface area contributed by atoms with Crippen LogP contribution in [0.5, 0.6) is 0 Å². The van der Waals surface area contributed by atoms with Crippen LogP contribution >= 0.6 is 0 Å². The third kappa shape index (κ3) is 3.63. The molecule has 4 aromatic rings. The van der Waals surface area contributed by atoms with Gasteiger partial charge in [-0.15, -0.1) is 0 Å². The number of pyridine rings is 2. The first-order valence-corrected chi connectivity index (χ1v) is 10.9. The molecule has 0 saturated heterocycles. The van der Waals surface area contributed by atoms with Gasteiger partial charge in [-0.25, -0.2) is 0 Å². The molecule has 0 radical (unpaired) electrons. The van der Waals surface area contributed by atoms with E-state index in [1.165, 1.54) is 31.4 Å². The number of hydrogen-bond donors (Lipinski definition) is 2. The summed E-state index contributed by atoms with van der Waals surface area (Å²) in [7, 11) is 1.82. The molecule has 158 valence electrons. The molecule has 0 unspecified atom stereocenters. The van der Waals surface area contributed by atoms with E-state index in [1.54, 1.807) is 4.57 Å². The summed E-state index contributed by atoms with van der Waals surface area (Å²) in [4.78, 5) is 17.6. The molecule has 3 aromatic heterocycles. The third-order valence-corrected chi connectivity index (χ3v) is 6.44. The van der Waals surface area contributed by atoms with Crippen molar-refractivity contribution in [2.45, 2.75) is 45.4 Å². The summed E-state index contributed by atoms with van der Waals surface area (Å²) in [5, 5.41) is 12.0. The molecule has 1 aliphatic carbocycles. The van der Waals surface area contributed by atoms with Crippen molar-refractivity contribution in [3.05, 3.63) is 69.9 Å². The lowest BCUT2D eigenvalue weighted by Gasteiger charge is -2.13. The number of fused-ring (bicyclic) bond motifs is 1. The highest BCUT2D eigenvalue weighted by Gasteiger charge is 2.19. The Labute approximate surface area is 181 Å². The van der Waals surface area contributed by atoms with E-state index in [1.807, 2.05) is 57.4 Å². The summed E-state index contributed by atoms with van der Waals surface area (Å²) in [6.07, 6.45) is 6.89. The zero-order valence-electron chi connectivity index (χ0n) is 18.2.